The Morgan fingerprint density at radius 2 is 2.38 bits per heavy atom. The van der Waals surface area contributed by atoms with Gasteiger partial charge in [-0.1, -0.05) is 37.8 Å². The Kier molecular flexibility index (Phi) is 3.74. The van der Waals surface area contributed by atoms with Crippen molar-refractivity contribution in [1.82, 2.24) is 4.90 Å². The van der Waals surface area contributed by atoms with Gasteiger partial charge in [-0.15, -0.1) is 0 Å². The highest BCUT2D eigenvalue weighted by Gasteiger charge is 2.31. The van der Waals surface area contributed by atoms with Gasteiger partial charge in [-0.3, -0.25) is 9.69 Å². The first kappa shape index (κ1) is 11.0. The highest BCUT2D eigenvalue weighted by Crippen LogP contribution is 2.28. The van der Waals surface area contributed by atoms with Crippen molar-refractivity contribution < 1.29 is 4.79 Å². The van der Waals surface area contributed by atoms with E-state index in [1.165, 1.54) is 0 Å². The fraction of sp³-hybridized carbons (Fsp3) is 0.778. The van der Waals surface area contributed by atoms with Crippen molar-refractivity contribution in [2.75, 3.05) is 5.75 Å². The van der Waals surface area contributed by atoms with Crippen LogP contribution in [0, 0.1) is 5.92 Å². The molecule has 2 nitrogen and oxygen atoms in total. The highest BCUT2D eigenvalue weighted by atomic mass is 32.2. The molecular formula is C9H15NOS2. The lowest BCUT2D eigenvalue weighted by atomic mass is 10.0. The molecule has 0 aliphatic carbocycles. The van der Waals surface area contributed by atoms with E-state index in [4.69, 9.17) is 12.2 Å². The first-order valence-electron chi connectivity index (χ1n) is 4.49. The van der Waals surface area contributed by atoms with Crippen molar-refractivity contribution in [2.45, 2.75) is 33.2 Å². The van der Waals surface area contributed by atoms with E-state index < -0.39 is 0 Å². The average Bonchev–Trinajstić information content (AvgIpc) is 2.30. The summed E-state index contributed by atoms with van der Waals surface area (Å²) in [4.78, 5) is 13.0. The third kappa shape index (κ3) is 2.68. The van der Waals surface area contributed by atoms with Gasteiger partial charge in [-0.2, -0.15) is 0 Å². The second kappa shape index (κ2) is 4.42. The van der Waals surface area contributed by atoms with E-state index >= 15 is 0 Å². The predicted molar refractivity (Wildman–Crippen MR) is 60.8 cm³/mol. The largest absolute Gasteiger partial charge is 0.294 e. The monoisotopic (exact) mass is 217 g/mol. The van der Waals surface area contributed by atoms with Gasteiger partial charge < -0.3 is 0 Å². The number of carbonyl (C=O) groups is 1. The highest BCUT2D eigenvalue weighted by molar-refractivity contribution is 8.23. The summed E-state index contributed by atoms with van der Waals surface area (Å²) in [7, 11) is 0. The van der Waals surface area contributed by atoms with Gasteiger partial charge in [0.05, 0.1) is 0 Å². The van der Waals surface area contributed by atoms with Crippen LogP contribution in [0.3, 0.4) is 0 Å². The SMILES string of the molecule is CC(=O)N1C(=S)SC[C@@H]1CC(C)C. The van der Waals surface area contributed by atoms with E-state index in [1.54, 1.807) is 23.6 Å². The van der Waals surface area contributed by atoms with Gasteiger partial charge in [0, 0.05) is 18.7 Å². The van der Waals surface area contributed by atoms with E-state index in [9.17, 15) is 4.79 Å². The Morgan fingerprint density at radius 1 is 1.77 bits per heavy atom. The molecule has 1 aliphatic heterocycles. The molecule has 0 aromatic rings. The van der Waals surface area contributed by atoms with Crippen LogP contribution in [0.5, 0.6) is 0 Å². The van der Waals surface area contributed by atoms with Crippen LogP contribution in [0.1, 0.15) is 27.2 Å². The molecule has 0 aromatic carbocycles. The number of thiocarbonyl (C=S) groups is 1. The van der Waals surface area contributed by atoms with Crippen LogP contribution in [-0.4, -0.2) is 26.9 Å². The van der Waals surface area contributed by atoms with E-state index in [0.29, 0.717) is 12.0 Å². The molecule has 1 rings (SSSR count). The maximum Gasteiger partial charge on any atom is 0.225 e. The number of carbonyl (C=O) groups excluding carboxylic acids is 1. The Bertz CT molecular complexity index is 228. The van der Waals surface area contributed by atoms with E-state index in [2.05, 4.69) is 13.8 Å². The van der Waals surface area contributed by atoms with Gasteiger partial charge in [0.1, 0.15) is 4.32 Å². The van der Waals surface area contributed by atoms with Gasteiger partial charge in [-0.25, -0.2) is 0 Å². The maximum atomic E-state index is 11.3. The molecule has 1 heterocycles. The van der Waals surface area contributed by atoms with Crippen LogP contribution in [0.4, 0.5) is 0 Å². The third-order valence-electron chi connectivity index (χ3n) is 2.04. The Morgan fingerprint density at radius 3 is 2.85 bits per heavy atom. The summed E-state index contributed by atoms with van der Waals surface area (Å²) in [6.07, 6.45) is 1.05. The molecule has 1 saturated heterocycles. The van der Waals surface area contributed by atoms with E-state index in [1.807, 2.05) is 0 Å². The quantitative estimate of drug-likeness (QED) is 0.662. The summed E-state index contributed by atoms with van der Waals surface area (Å²) in [5.41, 5.74) is 0. The zero-order valence-electron chi connectivity index (χ0n) is 8.24. The van der Waals surface area contributed by atoms with Crippen molar-refractivity contribution in [3.05, 3.63) is 0 Å². The summed E-state index contributed by atoms with van der Waals surface area (Å²) in [6.45, 7) is 5.93. The molecule has 1 fully saturated rings. The maximum absolute atomic E-state index is 11.3. The number of nitrogens with zero attached hydrogens (tertiary/aromatic N) is 1. The van der Waals surface area contributed by atoms with Gasteiger partial charge in [0.25, 0.3) is 0 Å². The molecule has 0 saturated carbocycles. The molecule has 0 radical (unpaired) electrons. The molecule has 0 unspecified atom stereocenters. The third-order valence-corrected chi connectivity index (χ3v) is 3.59. The van der Waals surface area contributed by atoms with Crippen LogP contribution < -0.4 is 0 Å². The van der Waals surface area contributed by atoms with Crippen molar-refractivity contribution >= 4 is 34.2 Å². The zero-order valence-corrected chi connectivity index (χ0v) is 9.87. The van der Waals surface area contributed by atoms with Crippen LogP contribution in [0.25, 0.3) is 0 Å². The predicted octanol–water partition coefficient (Wildman–Crippen LogP) is 2.28. The summed E-state index contributed by atoms with van der Waals surface area (Å²) in [5, 5.41) is 0. The van der Waals surface area contributed by atoms with Crippen molar-refractivity contribution in [3.8, 4) is 0 Å². The first-order valence-corrected chi connectivity index (χ1v) is 5.88. The molecule has 74 valence electrons. The van der Waals surface area contributed by atoms with Gasteiger partial charge in [0.2, 0.25) is 5.91 Å². The fourth-order valence-corrected chi connectivity index (χ4v) is 3.08. The minimum absolute atomic E-state index is 0.0839. The Balaban J connectivity index is 2.64. The smallest absolute Gasteiger partial charge is 0.225 e. The number of hydrogen-bond acceptors (Lipinski definition) is 3. The second-order valence-electron chi connectivity index (χ2n) is 3.75. The first-order chi connectivity index (χ1) is 6.02. The van der Waals surface area contributed by atoms with Gasteiger partial charge in [-0.05, 0) is 12.3 Å². The lowest BCUT2D eigenvalue weighted by molar-refractivity contribution is -0.126. The van der Waals surface area contributed by atoms with Crippen molar-refractivity contribution in [2.24, 2.45) is 5.92 Å². The van der Waals surface area contributed by atoms with Crippen LogP contribution >= 0.6 is 24.0 Å². The number of thioether (sulfide) groups is 1. The van der Waals surface area contributed by atoms with Crippen LogP contribution in [0.2, 0.25) is 0 Å². The lowest BCUT2D eigenvalue weighted by Gasteiger charge is -2.23. The normalized spacial score (nSPS) is 22.9. The summed E-state index contributed by atoms with van der Waals surface area (Å²) < 4.78 is 0.748. The molecule has 13 heavy (non-hydrogen) atoms. The molecule has 1 amide bonds. The van der Waals surface area contributed by atoms with E-state index in [-0.39, 0.29) is 5.91 Å². The molecule has 1 atom stereocenters. The summed E-state index contributed by atoms with van der Waals surface area (Å²) >= 11 is 6.73. The van der Waals surface area contributed by atoms with Gasteiger partial charge in [0.15, 0.2) is 0 Å². The van der Waals surface area contributed by atoms with E-state index in [0.717, 1.165) is 16.5 Å². The van der Waals surface area contributed by atoms with Crippen molar-refractivity contribution in [3.63, 3.8) is 0 Å². The minimum atomic E-state index is 0.0839. The topological polar surface area (TPSA) is 20.3 Å². The fourth-order valence-electron chi connectivity index (χ4n) is 1.56. The molecule has 0 aromatic heterocycles. The molecule has 0 bridgehead atoms. The molecule has 0 N–H and O–H groups in total. The van der Waals surface area contributed by atoms with Crippen LogP contribution in [0.15, 0.2) is 0 Å². The standard InChI is InChI=1S/C9H15NOS2/c1-6(2)4-8-5-13-9(12)10(8)7(3)11/h6,8H,4-5H2,1-3H3/t8-/m0/s1. The van der Waals surface area contributed by atoms with Crippen molar-refractivity contribution in [1.29, 1.82) is 0 Å². The van der Waals surface area contributed by atoms with Crippen LogP contribution in [-0.2, 0) is 4.79 Å². The summed E-state index contributed by atoms with van der Waals surface area (Å²) in [6, 6.07) is 0.329. The molecule has 0 spiro atoms. The summed E-state index contributed by atoms with van der Waals surface area (Å²) in [5.74, 6) is 1.67. The average molecular weight is 217 g/mol. The second-order valence-corrected chi connectivity index (χ2v) is 5.40. The molecular weight excluding hydrogens is 202 g/mol. The number of rotatable bonds is 2. The molecule has 1 aliphatic rings. The lowest BCUT2D eigenvalue weighted by Crippen LogP contribution is -2.37. The minimum Gasteiger partial charge on any atom is -0.294 e. The Labute approximate surface area is 89.1 Å². The van der Waals surface area contributed by atoms with Gasteiger partial charge >= 0.3 is 0 Å². The number of amides is 1. The molecule has 4 heteroatoms. The Hall–Kier alpha value is -0.0900. The number of hydrogen-bond donors (Lipinski definition) is 0. The zero-order chi connectivity index (χ0) is 10.0.